The highest BCUT2D eigenvalue weighted by molar-refractivity contribution is 7.47. The molecule has 1 saturated carbocycles. The zero-order chi connectivity index (χ0) is 52.3. The predicted molar refractivity (Wildman–Crippen MR) is 262 cm³/mol. The number of carbonyl (C=O) groups excluding carboxylic acids is 3. The van der Waals surface area contributed by atoms with Crippen molar-refractivity contribution in [1.82, 2.24) is 0 Å². The van der Waals surface area contributed by atoms with Gasteiger partial charge in [-0.1, -0.05) is 174 Å². The Kier molecular flexibility index (Phi) is 37.5. The molecule has 8 atom stereocenters. The van der Waals surface area contributed by atoms with Gasteiger partial charge in [-0.05, 0) is 25.7 Å². The van der Waals surface area contributed by atoms with E-state index in [-0.39, 0.29) is 13.0 Å². The third-order valence-electron chi connectivity index (χ3n) is 12.3. The van der Waals surface area contributed by atoms with E-state index >= 15 is 0 Å². The van der Waals surface area contributed by atoms with Gasteiger partial charge < -0.3 is 49.3 Å². The van der Waals surface area contributed by atoms with Crippen molar-refractivity contribution in [2.75, 3.05) is 13.2 Å². The average Bonchev–Trinajstić information content (AvgIpc) is 3.28. The first kappa shape index (κ1) is 66.8. The molecule has 0 aromatic rings. The van der Waals surface area contributed by atoms with Crippen LogP contribution in [0, 0.1) is 0 Å². The number of ether oxygens (including phenoxy) is 2. The number of hydrogen-bond donors (Lipinski definition) is 8. The van der Waals surface area contributed by atoms with Gasteiger partial charge in [0.05, 0.1) is 19.6 Å². The maximum absolute atomic E-state index is 13.2. The minimum absolute atomic E-state index is 0.0216. The number of Topliss-reactive ketones (excluding diaryl/α,β-unsaturated/α-hetero) is 1. The molecule has 0 amide bonds. The number of carbonyl (C=O) groups is 3. The van der Waals surface area contributed by atoms with Crippen LogP contribution in [0.5, 0.6) is 0 Å². The Balaban J connectivity index is 2.64. The fraction of sp³-hybridized carbons (Fsp3) is 0.936. The van der Waals surface area contributed by atoms with E-state index in [4.69, 9.17) is 18.5 Å². The normalized spacial score (nSPS) is 21.1. The summed E-state index contributed by atoms with van der Waals surface area (Å²) in [6.07, 6.45) is 15.9. The van der Waals surface area contributed by atoms with Crippen LogP contribution >= 0.6 is 23.5 Å². The molecule has 1 fully saturated rings. The van der Waals surface area contributed by atoms with Crippen LogP contribution in [0.3, 0.4) is 0 Å². The summed E-state index contributed by atoms with van der Waals surface area (Å²) in [7, 11) is -16.6. The van der Waals surface area contributed by atoms with Crippen molar-refractivity contribution in [3.63, 3.8) is 0 Å². The maximum Gasteiger partial charge on any atom is 0.472 e. The number of ketones is 1. The standard InChI is InChI=1S/C47H91O20P3/c1-3-5-6-7-8-9-10-14-18-21-24-27-30-34-40(49)64-39(36-41(50)62-35-31-28-25-22-19-16-13-11-12-15-17-20-23-26-29-33-38(48)32-4-2)37-63-70(60,61)67-47-43(52)45(65-68(54,55)56)42(51)46(44(47)53)66-69(57,58)59/h39,42-47,51-53H,3-37H2,1-2H3,(H,60,61)(H2,54,55,56)(H2,57,58,59)/t39-,42?,43+,44?,45+,46-,47?/m1/s1. The van der Waals surface area contributed by atoms with Gasteiger partial charge in [-0.3, -0.25) is 32.5 Å². The Morgan fingerprint density at radius 1 is 0.443 bits per heavy atom. The van der Waals surface area contributed by atoms with Crippen LogP contribution < -0.4 is 0 Å². The number of hydrogen-bond acceptors (Lipinski definition) is 15. The number of unbranched alkanes of at least 4 members (excludes halogenated alkanes) is 26. The molecule has 0 radical (unpaired) electrons. The second kappa shape index (κ2) is 39.3. The Morgan fingerprint density at radius 2 is 0.800 bits per heavy atom. The maximum atomic E-state index is 13.2. The summed E-state index contributed by atoms with van der Waals surface area (Å²) in [6.45, 7) is 3.36. The van der Waals surface area contributed by atoms with Gasteiger partial charge in [-0.25, -0.2) is 13.7 Å². The molecule has 4 unspecified atom stereocenters. The largest absolute Gasteiger partial charge is 0.472 e. The third-order valence-corrected chi connectivity index (χ3v) is 14.3. The van der Waals surface area contributed by atoms with E-state index in [2.05, 4.69) is 16.0 Å². The van der Waals surface area contributed by atoms with Crippen molar-refractivity contribution >= 4 is 41.2 Å². The van der Waals surface area contributed by atoms with Gasteiger partial charge in [-0.15, -0.1) is 0 Å². The average molecular weight is 1070 g/mol. The van der Waals surface area contributed by atoms with E-state index in [0.717, 1.165) is 89.9 Å². The molecule has 0 aromatic heterocycles. The number of phosphoric ester groups is 3. The topological polar surface area (TPSA) is 320 Å². The van der Waals surface area contributed by atoms with Crippen LogP contribution in [0.25, 0.3) is 0 Å². The first-order valence-corrected chi connectivity index (χ1v) is 30.8. The third kappa shape index (κ3) is 35.1. The highest BCUT2D eigenvalue weighted by Crippen LogP contribution is 2.51. The zero-order valence-corrected chi connectivity index (χ0v) is 44.8. The Morgan fingerprint density at radius 3 is 1.19 bits per heavy atom. The molecule has 1 aliphatic rings. The molecule has 1 rings (SSSR count). The highest BCUT2D eigenvalue weighted by Gasteiger charge is 2.56. The van der Waals surface area contributed by atoms with Gasteiger partial charge in [0.25, 0.3) is 0 Å². The predicted octanol–water partition coefficient (Wildman–Crippen LogP) is 9.48. The Labute approximate surface area is 417 Å². The molecule has 0 aromatic carbocycles. The Bertz CT molecular complexity index is 1490. The summed E-state index contributed by atoms with van der Waals surface area (Å²) < 4.78 is 65.7. The molecular weight excluding hydrogens is 977 g/mol. The molecule has 0 heterocycles. The van der Waals surface area contributed by atoms with Crippen LogP contribution in [0.4, 0.5) is 0 Å². The lowest BCUT2D eigenvalue weighted by Gasteiger charge is -2.44. The monoisotopic (exact) mass is 1070 g/mol. The zero-order valence-electron chi connectivity index (χ0n) is 42.1. The summed E-state index contributed by atoms with van der Waals surface area (Å²) in [4.78, 5) is 85.2. The van der Waals surface area contributed by atoms with Crippen molar-refractivity contribution in [2.45, 2.75) is 268 Å². The van der Waals surface area contributed by atoms with E-state index in [1.807, 2.05) is 6.92 Å². The van der Waals surface area contributed by atoms with Crippen molar-refractivity contribution < 1.29 is 95.4 Å². The minimum Gasteiger partial charge on any atom is -0.466 e. The molecule has 0 aliphatic heterocycles. The van der Waals surface area contributed by atoms with Gasteiger partial charge >= 0.3 is 35.4 Å². The van der Waals surface area contributed by atoms with Gasteiger partial charge in [-0.2, -0.15) is 0 Å². The molecular formula is C47H91O20P3. The van der Waals surface area contributed by atoms with Crippen molar-refractivity contribution in [2.24, 2.45) is 0 Å². The lowest BCUT2D eigenvalue weighted by Crippen LogP contribution is -2.65. The lowest BCUT2D eigenvalue weighted by molar-refractivity contribution is -0.213. The Hall–Kier alpha value is -1.18. The van der Waals surface area contributed by atoms with E-state index in [1.54, 1.807) is 0 Å². The second-order valence-corrected chi connectivity index (χ2v) is 22.6. The molecule has 23 heteroatoms. The van der Waals surface area contributed by atoms with Gasteiger partial charge in [0.1, 0.15) is 48.5 Å². The van der Waals surface area contributed by atoms with Crippen LogP contribution in [0.15, 0.2) is 0 Å². The van der Waals surface area contributed by atoms with Gasteiger partial charge in [0.2, 0.25) is 0 Å². The van der Waals surface area contributed by atoms with E-state index in [1.165, 1.54) is 89.9 Å². The highest BCUT2D eigenvalue weighted by atomic mass is 31.2. The van der Waals surface area contributed by atoms with E-state index in [0.29, 0.717) is 25.0 Å². The molecule has 0 saturated heterocycles. The molecule has 1 aliphatic carbocycles. The summed E-state index contributed by atoms with van der Waals surface area (Å²) in [5.41, 5.74) is 0. The summed E-state index contributed by atoms with van der Waals surface area (Å²) in [5, 5.41) is 31.9. The number of rotatable bonds is 46. The van der Waals surface area contributed by atoms with E-state index in [9.17, 15) is 67.9 Å². The number of esters is 2. The van der Waals surface area contributed by atoms with Gasteiger partial charge in [0.15, 0.2) is 0 Å². The molecule has 0 spiro atoms. The molecule has 20 nitrogen and oxygen atoms in total. The summed E-state index contributed by atoms with van der Waals surface area (Å²) in [5.74, 6) is -1.13. The smallest absolute Gasteiger partial charge is 0.466 e. The fourth-order valence-electron chi connectivity index (χ4n) is 8.44. The SMILES string of the molecule is CCCCCCCCCCCCCCCC(=O)O[C@@H](COP(=O)(O)OC1C(O)[C@H](OP(=O)(O)O)C(O)[C@H](OP(=O)(O)O)[C@@H]1O)CC(=O)OCCCCCCCCCCCCCCCCCC(=O)CCC. The number of aliphatic hydroxyl groups is 3. The van der Waals surface area contributed by atoms with Crippen LogP contribution in [-0.4, -0.2) is 113 Å². The number of phosphoric acid groups is 3. The van der Waals surface area contributed by atoms with Crippen LogP contribution in [-0.2, 0) is 55.6 Å². The van der Waals surface area contributed by atoms with Crippen molar-refractivity contribution in [3.8, 4) is 0 Å². The number of aliphatic hydroxyl groups excluding tert-OH is 3. The summed E-state index contributed by atoms with van der Waals surface area (Å²) in [6, 6.07) is 0. The summed E-state index contributed by atoms with van der Waals surface area (Å²) >= 11 is 0. The quantitative estimate of drug-likeness (QED) is 0.0160. The second-order valence-electron chi connectivity index (χ2n) is 18.8. The molecule has 0 bridgehead atoms. The molecule has 414 valence electrons. The van der Waals surface area contributed by atoms with Crippen LogP contribution in [0.2, 0.25) is 0 Å². The van der Waals surface area contributed by atoms with E-state index < -0.39 is 91.2 Å². The lowest BCUT2D eigenvalue weighted by atomic mass is 9.85. The molecule has 70 heavy (non-hydrogen) atoms. The first-order valence-electron chi connectivity index (χ1n) is 26.2. The van der Waals surface area contributed by atoms with Crippen molar-refractivity contribution in [1.29, 1.82) is 0 Å². The first-order chi connectivity index (χ1) is 33.2. The van der Waals surface area contributed by atoms with Crippen LogP contribution in [0.1, 0.15) is 226 Å². The fourth-order valence-corrected chi connectivity index (χ4v) is 10.5. The molecule has 8 N–H and O–H groups in total. The van der Waals surface area contributed by atoms with Gasteiger partial charge in [0, 0.05) is 19.3 Å². The minimum atomic E-state index is -5.56. The van der Waals surface area contributed by atoms with Crippen molar-refractivity contribution in [3.05, 3.63) is 0 Å².